The van der Waals surface area contributed by atoms with Crippen molar-refractivity contribution in [2.75, 3.05) is 4.90 Å². The number of nitrogens with zero attached hydrogens (tertiary/aromatic N) is 1. The second-order valence-electron chi connectivity index (χ2n) is 8.63. The minimum atomic E-state index is -0.636. The number of halogens is 2. The molecule has 36 heavy (non-hydrogen) atoms. The van der Waals surface area contributed by atoms with Crippen LogP contribution < -0.4 is 9.64 Å². The average molecular weight is 494 g/mol. The van der Waals surface area contributed by atoms with Crippen molar-refractivity contribution >= 4 is 23.5 Å². The van der Waals surface area contributed by atoms with E-state index in [1.54, 1.807) is 53.4 Å². The average Bonchev–Trinajstić information content (AvgIpc) is 2.83. The minimum absolute atomic E-state index is 0.142. The van der Waals surface area contributed by atoms with Gasteiger partial charge in [0.25, 0.3) is 0 Å². The first-order chi connectivity index (χ1) is 17.2. The van der Waals surface area contributed by atoms with Crippen molar-refractivity contribution in [3.63, 3.8) is 0 Å². The summed E-state index contributed by atoms with van der Waals surface area (Å²) in [6.07, 6.45) is 0.103. The number of ether oxygens (including phenoxy) is 2. The molecular formula is C28H25F2NO5. The quantitative estimate of drug-likeness (QED) is 0.229. The summed E-state index contributed by atoms with van der Waals surface area (Å²) >= 11 is 0. The molecule has 3 atom stereocenters. The van der Waals surface area contributed by atoms with Crippen LogP contribution in [0.3, 0.4) is 0 Å². The van der Waals surface area contributed by atoms with Gasteiger partial charge in [0.15, 0.2) is 0 Å². The number of carbonyl (C=O) groups is 3. The van der Waals surface area contributed by atoms with Crippen LogP contribution in [0.2, 0.25) is 0 Å². The molecule has 0 unspecified atom stereocenters. The first-order valence-electron chi connectivity index (χ1n) is 11.5. The predicted molar refractivity (Wildman–Crippen MR) is 128 cm³/mol. The molecule has 1 amide bonds. The third-order valence-corrected chi connectivity index (χ3v) is 6.09. The minimum Gasteiger partial charge on any atom is -0.458 e. The Hall–Kier alpha value is -4.07. The standard InChI is InChI=1S/C28H25F2NO5/c1-17(32)35-24-13-5-20(6-14-24)27-25(28(34)31(27)23-11-9-22(30)10-12-23)15-16-26(36-18(2)33)19-3-7-21(29)8-4-19/h3-14,25-27H,15-16H2,1-2H3/t25-,26+,27-/m1/s1. The van der Waals surface area contributed by atoms with Crippen LogP contribution in [0.25, 0.3) is 0 Å². The molecule has 3 aromatic rings. The second kappa shape index (κ2) is 10.7. The van der Waals surface area contributed by atoms with Crippen molar-refractivity contribution in [1.82, 2.24) is 0 Å². The van der Waals surface area contributed by atoms with Crippen molar-refractivity contribution < 1.29 is 32.6 Å². The SMILES string of the molecule is CC(=O)Oc1ccc([C@@H]2[C@@H](CC[C@H](OC(C)=O)c3ccc(F)cc3)C(=O)N2c2ccc(F)cc2)cc1. The summed E-state index contributed by atoms with van der Waals surface area (Å²) in [5.41, 5.74) is 2.00. The molecule has 0 saturated carbocycles. The van der Waals surface area contributed by atoms with Crippen molar-refractivity contribution in [3.05, 3.63) is 95.6 Å². The number of rotatable bonds is 8. The van der Waals surface area contributed by atoms with Gasteiger partial charge in [-0.1, -0.05) is 24.3 Å². The van der Waals surface area contributed by atoms with Gasteiger partial charge in [0.2, 0.25) is 5.91 Å². The first kappa shape index (κ1) is 25.0. The van der Waals surface area contributed by atoms with Crippen LogP contribution in [0.1, 0.15) is 50.0 Å². The molecule has 1 aliphatic rings. The largest absolute Gasteiger partial charge is 0.458 e. The molecule has 1 heterocycles. The number of hydrogen-bond donors (Lipinski definition) is 0. The van der Waals surface area contributed by atoms with E-state index in [0.717, 1.165) is 5.56 Å². The van der Waals surface area contributed by atoms with Crippen molar-refractivity contribution in [2.24, 2.45) is 5.92 Å². The molecule has 1 fully saturated rings. The van der Waals surface area contributed by atoms with E-state index >= 15 is 0 Å². The smallest absolute Gasteiger partial charge is 0.308 e. The highest BCUT2D eigenvalue weighted by molar-refractivity contribution is 6.03. The van der Waals surface area contributed by atoms with Crippen LogP contribution in [0.4, 0.5) is 14.5 Å². The van der Waals surface area contributed by atoms with Gasteiger partial charge in [-0.25, -0.2) is 8.78 Å². The lowest BCUT2D eigenvalue weighted by atomic mass is 9.78. The molecule has 0 bridgehead atoms. The number of β-lactam (4-membered cyclic amide) rings is 1. The lowest BCUT2D eigenvalue weighted by Gasteiger charge is -2.48. The molecule has 0 aromatic heterocycles. The molecule has 1 saturated heterocycles. The van der Waals surface area contributed by atoms with Gasteiger partial charge in [-0.05, 0) is 72.5 Å². The van der Waals surface area contributed by atoms with Gasteiger partial charge in [-0.3, -0.25) is 14.4 Å². The predicted octanol–water partition coefficient (Wildman–Crippen LogP) is 5.68. The number of carbonyl (C=O) groups excluding carboxylic acids is 3. The van der Waals surface area contributed by atoms with Gasteiger partial charge in [-0.2, -0.15) is 0 Å². The highest BCUT2D eigenvalue weighted by Crippen LogP contribution is 2.46. The van der Waals surface area contributed by atoms with E-state index in [4.69, 9.17) is 9.47 Å². The summed E-state index contributed by atoms with van der Waals surface area (Å²) in [7, 11) is 0. The van der Waals surface area contributed by atoms with Crippen molar-refractivity contribution in [2.45, 2.75) is 38.8 Å². The fourth-order valence-electron chi connectivity index (χ4n) is 4.50. The van der Waals surface area contributed by atoms with E-state index in [9.17, 15) is 23.2 Å². The molecule has 0 aliphatic carbocycles. The lowest BCUT2D eigenvalue weighted by molar-refractivity contribution is -0.147. The van der Waals surface area contributed by atoms with Gasteiger partial charge in [0.05, 0.1) is 12.0 Å². The molecule has 186 valence electrons. The normalized spacial score (nSPS) is 17.8. The van der Waals surface area contributed by atoms with Crippen molar-refractivity contribution in [3.8, 4) is 5.75 Å². The van der Waals surface area contributed by atoms with E-state index in [-0.39, 0.29) is 11.9 Å². The molecule has 0 radical (unpaired) electrons. The van der Waals surface area contributed by atoms with Crippen LogP contribution in [0.5, 0.6) is 5.75 Å². The Labute approximate surface area is 207 Å². The summed E-state index contributed by atoms with van der Waals surface area (Å²) in [6, 6.07) is 17.9. The zero-order valence-corrected chi connectivity index (χ0v) is 19.8. The van der Waals surface area contributed by atoms with Gasteiger partial charge in [0, 0.05) is 19.5 Å². The number of anilines is 1. The Morgan fingerprint density at radius 2 is 1.44 bits per heavy atom. The molecule has 1 aliphatic heterocycles. The molecule has 6 nitrogen and oxygen atoms in total. The lowest BCUT2D eigenvalue weighted by Crippen LogP contribution is -2.55. The van der Waals surface area contributed by atoms with Gasteiger partial charge >= 0.3 is 11.9 Å². The summed E-state index contributed by atoms with van der Waals surface area (Å²) < 4.78 is 37.5. The third-order valence-electron chi connectivity index (χ3n) is 6.09. The number of hydrogen-bond acceptors (Lipinski definition) is 5. The number of amides is 1. The molecular weight excluding hydrogens is 468 g/mol. The van der Waals surface area contributed by atoms with E-state index in [1.165, 1.54) is 38.1 Å². The highest BCUT2D eigenvalue weighted by Gasteiger charge is 2.48. The second-order valence-corrected chi connectivity index (χ2v) is 8.63. The Bertz CT molecular complexity index is 1240. The van der Waals surface area contributed by atoms with Gasteiger partial charge in [0.1, 0.15) is 23.5 Å². The zero-order chi connectivity index (χ0) is 25.8. The van der Waals surface area contributed by atoms with Gasteiger partial charge < -0.3 is 14.4 Å². The van der Waals surface area contributed by atoms with E-state index < -0.39 is 35.6 Å². The van der Waals surface area contributed by atoms with Crippen LogP contribution in [0.15, 0.2) is 72.8 Å². The van der Waals surface area contributed by atoms with Crippen LogP contribution in [-0.2, 0) is 19.1 Å². The molecule has 4 rings (SSSR count). The van der Waals surface area contributed by atoms with Gasteiger partial charge in [-0.15, -0.1) is 0 Å². The summed E-state index contributed by atoms with van der Waals surface area (Å²) in [6.45, 7) is 2.61. The maximum Gasteiger partial charge on any atom is 0.308 e. The summed E-state index contributed by atoms with van der Waals surface area (Å²) in [5.74, 6) is -1.92. The zero-order valence-electron chi connectivity index (χ0n) is 19.8. The Morgan fingerprint density at radius 3 is 2.00 bits per heavy atom. The van der Waals surface area contributed by atoms with Crippen LogP contribution in [-0.4, -0.2) is 17.8 Å². The molecule has 3 aromatic carbocycles. The molecule has 0 spiro atoms. The van der Waals surface area contributed by atoms with Crippen LogP contribution >= 0.6 is 0 Å². The highest BCUT2D eigenvalue weighted by atomic mass is 19.1. The van der Waals surface area contributed by atoms with Crippen LogP contribution in [0, 0.1) is 17.6 Å². The Morgan fingerprint density at radius 1 is 0.861 bits per heavy atom. The summed E-state index contributed by atoms with van der Waals surface area (Å²) in [5, 5.41) is 0. The van der Waals surface area contributed by atoms with E-state index in [0.29, 0.717) is 29.8 Å². The molecule has 8 heteroatoms. The van der Waals surface area contributed by atoms with E-state index in [2.05, 4.69) is 0 Å². The summed E-state index contributed by atoms with van der Waals surface area (Å²) in [4.78, 5) is 37.8. The molecule has 0 N–H and O–H groups in total. The topological polar surface area (TPSA) is 72.9 Å². The fourth-order valence-corrected chi connectivity index (χ4v) is 4.50. The Balaban J connectivity index is 1.59. The maximum absolute atomic E-state index is 13.5. The van der Waals surface area contributed by atoms with Crippen molar-refractivity contribution in [1.29, 1.82) is 0 Å². The number of benzene rings is 3. The maximum atomic E-state index is 13.5. The third kappa shape index (κ3) is 5.59. The monoisotopic (exact) mass is 493 g/mol. The van der Waals surface area contributed by atoms with E-state index in [1.807, 2.05) is 0 Å². The Kier molecular flexibility index (Phi) is 7.43. The first-order valence-corrected chi connectivity index (χ1v) is 11.5. The fraction of sp³-hybridized carbons (Fsp3) is 0.250. The number of esters is 2.